The summed E-state index contributed by atoms with van der Waals surface area (Å²) in [6, 6.07) is 13.5. The smallest absolute Gasteiger partial charge is 0.213 e. The van der Waals surface area contributed by atoms with E-state index in [4.69, 9.17) is 5.73 Å². The molecule has 2 heterocycles. The van der Waals surface area contributed by atoms with Crippen molar-refractivity contribution in [3.8, 4) is 0 Å². The van der Waals surface area contributed by atoms with Crippen molar-refractivity contribution in [1.82, 2.24) is 9.38 Å². The summed E-state index contributed by atoms with van der Waals surface area (Å²) in [6.07, 6.45) is 1.68. The van der Waals surface area contributed by atoms with E-state index in [-0.39, 0.29) is 21.1 Å². The number of hydrogen-bond acceptors (Lipinski definition) is 5. The van der Waals surface area contributed by atoms with Crippen molar-refractivity contribution in [3.05, 3.63) is 60.2 Å². The van der Waals surface area contributed by atoms with Crippen molar-refractivity contribution in [2.24, 2.45) is 4.99 Å². The van der Waals surface area contributed by atoms with Gasteiger partial charge in [-0.3, -0.25) is 9.39 Å². The lowest BCUT2D eigenvalue weighted by Crippen LogP contribution is -2.24. The Balaban J connectivity index is 2.43. The molecule has 0 spiro atoms. The lowest BCUT2D eigenvalue weighted by atomic mass is 10.4. The van der Waals surface area contributed by atoms with Gasteiger partial charge in [-0.25, -0.2) is 13.4 Å². The molecule has 0 bridgehead atoms. The van der Waals surface area contributed by atoms with Gasteiger partial charge in [0, 0.05) is 12.7 Å². The van der Waals surface area contributed by atoms with E-state index in [9.17, 15) is 8.42 Å². The van der Waals surface area contributed by atoms with E-state index in [1.54, 1.807) is 40.9 Å². The summed E-state index contributed by atoms with van der Waals surface area (Å²) in [5, 5.41) is 0. The molecule has 0 saturated heterocycles. The first kappa shape index (κ1) is 15.2. The third kappa shape index (κ3) is 2.59. The van der Waals surface area contributed by atoms with E-state index in [1.807, 2.05) is 13.0 Å². The number of nitrogens with zero attached hydrogens (tertiary/aromatic N) is 3. The fourth-order valence-electron chi connectivity index (χ4n) is 2.34. The molecule has 0 fully saturated rings. The van der Waals surface area contributed by atoms with E-state index in [1.165, 1.54) is 12.1 Å². The van der Waals surface area contributed by atoms with Gasteiger partial charge in [-0.2, -0.15) is 0 Å². The van der Waals surface area contributed by atoms with Gasteiger partial charge in [0.2, 0.25) is 9.84 Å². The van der Waals surface area contributed by atoms with Crippen molar-refractivity contribution in [2.45, 2.75) is 16.7 Å². The Morgan fingerprint density at radius 2 is 1.83 bits per heavy atom. The highest BCUT2D eigenvalue weighted by molar-refractivity contribution is 7.91. The average molecular weight is 328 g/mol. The van der Waals surface area contributed by atoms with Gasteiger partial charge in [-0.1, -0.05) is 24.3 Å². The first-order valence-electron chi connectivity index (χ1n) is 7.13. The van der Waals surface area contributed by atoms with Crippen molar-refractivity contribution < 1.29 is 8.42 Å². The van der Waals surface area contributed by atoms with E-state index >= 15 is 0 Å². The third-order valence-electron chi connectivity index (χ3n) is 3.38. The van der Waals surface area contributed by atoms with Crippen molar-refractivity contribution in [2.75, 3.05) is 12.3 Å². The second-order valence-electron chi connectivity index (χ2n) is 4.87. The van der Waals surface area contributed by atoms with E-state index in [0.29, 0.717) is 12.2 Å². The number of anilines is 1. The Morgan fingerprint density at radius 3 is 2.52 bits per heavy atom. The molecule has 118 valence electrons. The van der Waals surface area contributed by atoms with Gasteiger partial charge in [-0.05, 0) is 31.2 Å². The van der Waals surface area contributed by atoms with E-state index in [2.05, 4.69) is 9.98 Å². The van der Waals surface area contributed by atoms with Gasteiger partial charge in [-0.15, -0.1) is 0 Å². The molecule has 0 aliphatic rings. The quantitative estimate of drug-likeness (QED) is 0.792. The molecule has 1 aromatic carbocycles. The minimum Gasteiger partial charge on any atom is -0.384 e. The van der Waals surface area contributed by atoms with Crippen LogP contribution in [0.1, 0.15) is 6.92 Å². The molecule has 0 saturated carbocycles. The normalized spacial score (nSPS) is 12.7. The Labute approximate surface area is 133 Å². The molecule has 23 heavy (non-hydrogen) atoms. The number of nitrogen functional groups attached to an aromatic ring is 1. The number of pyridine rings is 1. The van der Waals surface area contributed by atoms with E-state index < -0.39 is 9.84 Å². The number of sulfone groups is 1. The molecule has 0 amide bonds. The topological polar surface area (TPSA) is 89.8 Å². The number of benzene rings is 1. The molecule has 3 rings (SSSR count). The molecular weight excluding hydrogens is 312 g/mol. The highest BCUT2D eigenvalue weighted by Crippen LogP contribution is 2.22. The highest BCUT2D eigenvalue weighted by Gasteiger charge is 2.25. The fraction of sp³-hybridized carbons (Fsp3) is 0.125. The summed E-state index contributed by atoms with van der Waals surface area (Å²) < 4.78 is 27.5. The Bertz CT molecular complexity index is 1020. The monoisotopic (exact) mass is 328 g/mol. The van der Waals surface area contributed by atoms with Crippen LogP contribution in [0.2, 0.25) is 0 Å². The largest absolute Gasteiger partial charge is 0.384 e. The molecule has 2 N–H and O–H groups in total. The minimum absolute atomic E-state index is 0.0609. The van der Waals surface area contributed by atoms with Gasteiger partial charge in [0.05, 0.1) is 4.90 Å². The summed E-state index contributed by atoms with van der Waals surface area (Å²) in [5.41, 5.74) is 6.84. The number of nitrogens with two attached hydrogens (primary N) is 1. The van der Waals surface area contributed by atoms with Crippen LogP contribution in [0.15, 0.2) is 69.5 Å². The molecule has 7 heteroatoms. The number of hydrogen-bond donors (Lipinski definition) is 1. The highest BCUT2D eigenvalue weighted by atomic mass is 32.2. The van der Waals surface area contributed by atoms with Crippen LogP contribution in [0.3, 0.4) is 0 Å². The van der Waals surface area contributed by atoms with Crippen molar-refractivity contribution in [3.63, 3.8) is 0 Å². The molecule has 0 atom stereocenters. The molecule has 3 aromatic rings. The maximum absolute atomic E-state index is 13.0. The third-order valence-corrected chi connectivity index (χ3v) is 5.21. The number of fused-ring (bicyclic) bond motifs is 1. The van der Waals surface area contributed by atoms with Gasteiger partial charge in [0.25, 0.3) is 0 Å². The summed E-state index contributed by atoms with van der Waals surface area (Å²) >= 11 is 0. The second-order valence-corrected chi connectivity index (χ2v) is 6.76. The zero-order valence-electron chi connectivity index (χ0n) is 12.5. The summed E-state index contributed by atoms with van der Waals surface area (Å²) in [6.45, 7) is 2.23. The first-order chi connectivity index (χ1) is 11.1. The fourth-order valence-corrected chi connectivity index (χ4v) is 3.82. The van der Waals surface area contributed by atoms with Crippen molar-refractivity contribution in [1.29, 1.82) is 0 Å². The molecular formula is C16H16N4O2S. The van der Waals surface area contributed by atoms with Gasteiger partial charge in [0.1, 0.15) is 11.5 Å². The average Bonchev–Trinajstić information content (AvgIpc) is 2.56. The van der Waals surface area contributed by atoms with Crippen LogP contribution in [0.5, 0.6) is 0 Å². The molecule has 0 radical (unpaired) electrons. The Morgan fingerprint density at radius 1 is 1.13 bits per heavy atom. The van der Waals surface area contributed by atoms with Crippen LogP contribution in [0.4, 0.5) is 5.82 Å². The maximum Gasteiger partial charge on any atom is 0.213 e. The molecule has 0 unspecified atom stereocenters. The molecule has 2 aromatic heterocycles. The minimum atomic E-state index is -3.82. The SMILES string of the molecule is CCN=c1nc2ccccn2c(N)c1S(=O)(=O)c1ccccc1. The molecule has 6 nitrogen and oxygen atoms in total. The zero-order chi connectivity index (χ0) is 16.4. The summed E-state index contributed by atoms with van der Waals surface area (Å²) in [5.74, 6) is 0.103. The van der Waals surface area contributed by atoms with Crippen LogP contribution in [0.25, 0.3) is 5.65 Å². The van der Waals surface area contributed by atoms with Crippen molar-refractivity contribution >= 4 is 21.3 Å². The summed E-state index contributed by atoms with van der Waals surface area (Å²) in [4.78, 5) is 8.68. The Kier molecular flexibility index (Phi) is 3.87. The van der Waals surface area contributed by atoms with Crippen LogP contribution >= 0.6 is 0 Å². The van der Waals surface area contributed by atoms with E-state index in [0.717, 1.165) is 0 Å². The van der Waals surface area contributed by atoms with Crippen LogP contribution in [0, 0.1) is 0 Å². The first-order valence-corrected chi connectivity index (χ1v) is 8.61. The molecule has 0 aliphatic heterocycles. The standard InChI is InChI=1S/C16H16N4O2S/c1-2-18-16-14(23(21,22)12-8-4-3-5-9-12)15(17)20-11-7-6-10-13(20)19-16/h3-11H,2,17H2,1H3. The summed E-state index contributed by atoms with van der Waals surface area (Å²) in [7, 11) is -3.82. The lowest BCUT2D eigenvalue weighted by Gasteiger charge is -2.11. The number of rotatable bonds is 3. The van der Waals surface area contributed by atoms with Gasteiger partial charge in [0.15, 0.2) is 10.4 Å². The maximum atomic E-state index is 13.0. The van der Waals surface area contributed by atoms with Crippen LogP contribution < -0.4 is 11.2 Å². The Hall–Kier alpha value is -2.67. The van der Waals surface area contributed by atoms with Crippen LogP contribution in [-0.2, 0) is 9.84 Å². The van der Waals surface area contributed by atoms with Crippen LogP contribution in [-0.4, -0.2) is 24.3 Å². The number of aromatic nitrogens is 2. The lowest BCUT2D eigenvalue weighted by molar-refractivity contribution is 0.594. The molecule has 0 aliphatic carbocycles. The zero-order valence-corrected chi connectivity index (χ0v) is 13.4. The second kappa shape index (κ2) is 5.85. The van der Waals surface area contributed by atoms with Gasteiger partial charge < -0.3 is 5.73 Å². The predicted octanol–water partition coefficient (Wildman–Crippen LogP) is 1.67. The van der Waals surface area contributed by atoms with Gasteiger partial charge >= 0.3 is 0 Å². The predicted molar refractivity (Wildman–Crippen MR) is 87.6 cm³/mol.